The smallest absolute Gasteiger partial charge is 0.0443 e. The molecule has 0 bridgehead atoms. The molecule has 0 aliphatic heterocycles. The molecule has 0 atom stereocenters. The normalized spacial score (nSPS) is 10.8. The molecule has 1 rings (SSSR count). The molecular formula is C14H24N2S. The van der Waals surface area contributed by atoms with Crippen LogP contribution in [0.4, 0.5) is 5.69 Å². The first-order valence-corrected chi connectivity index (χ1v) is 7.47. The van der Waals surface area contributed by atoms with Crippen molar-refractivity contribution in [1.82, 2.24) is 4.90 Å². The van der Waals surface area contributed by atoms with Gasteiger partial charge in [0.05, 0.1) is 0 Å². The van der Waals surface area contributed by atoms with Crippen LogP contribution < -0.4 is 4.72 Å². The van der Waals surface area contributed by atoms with E-state index in [1.54, 1.807) is 11.9 Å². The number of hydrogen-bond acceptors (Lipinski definition) is 3. The van der Waals surface area contributed by atoms with E-state index in [0.717, 1.165) is 18.8 Å². The second kappa shape index (κ2) is 8.43. The lowest BCUT2D eigenvalue weighted by molar-refractivity contribution is 0.280. The van der Waals surface area contributed by atoms with Crippen LogP contribution in [-0.2, 0) is 6.54 Å². The van der Waals surface area contributed by atoms with Crippen molar-refractivity contribution >= 4 is 17.6 Å². The van der Waals surface area contributed by atoms with Gasteiger partial charge in [-0.3, -0.25) is 4.90 Å². The Morgan fingerprint density at radius 1 is 1.24 bits per heavy atom. The highest BCUT2D eigenvalue weighted by Crippen LogP contribution is 2.16. The maximum Gasteiger partial charge on any atom is 0.0443 e. The molecule has 0 unspecified atom stereocenters. The Morgan fingerprint density at radius 2 is 2.06 bits per heavy atom. The van der Waals surface area contributed by atoms with Crippen molar-refractivity contribution in [2.45, 2.75) is 33.7 Å². The minimum atomic E-state index is 1.05. The van der Waals surface area contributed by atoms with Gasteiger partial charge in [-0.2, -0.15) is 0 Å². The van der Waals surface area contributed by atoms with Crippen molar-refractivity contribution in [3.05, 3.63) is 29.8 Å². The molecular weight excluding hydrogens is 228 g/mol. The number of anilines is 1. The van der Waals surface area contributed by atoms with Gasteiger partial charge in [0.15, 0.2) is 0 Å². The van der Waals surface area contributed by atoms with Crippen molar-refractivity contribution in [2.75, 3.05) is 23.6 Å². The number of rotatable bonds is 8. The standard InChI is InChI=1S/C14H24N2S/c1-4-10-16(5-2)12-13-8-7-9-14(11-13)15-17-6-3/h7-9,11,15H,4-6,10,12H2,1-3H3. The Labute approximate surface area is 110 Å². The van der Waals surface area contributed by atoms with Crippen LogP contribution in [0.25, 0.3) is 0 Å². The third kappa shape index (κ3) is 5.46. The van der Waals surface area contributed by atoms with Crippen LogP contribution in [0.1, 0.15) is 32.8 Å². The van der Waals surface area contributed by atoms with Crippen molar-refractivity contribution in [3.63, 3.8) is 0 Å². The van der Waals surface area contributed by atoms with Crippen LogP contribution in [0.5, 0.6) is 0 Å². The molecule has 3 heteroatoms. The first kappa shape index (κ1) is 14.4. The first-order chi connectivity index (χ1) is 8.30. The van der Waals surface area contributed by atoms with E-state index in [1.807, 2.05) is 0 Å². The van der Waals surface area contributed by atoms with Gasteiger partial charge in [-0.05, 0) is 37.2 Å². The molecule has 0 aliphatic rings. The first-order valence-electron chi connectivity index (χ1n) is 6.49. The van der Waals surface area contributed by atoms with Gasteiger partial charge < -0.3 is 4.72 Å². The summed E-state index contributed by atoms with van der Waals surface area (Å²) in [4.78, 5) is 2.48. The summed E-state index contributed by atoms with van der Waals surface area (Å²) < 4.78 is 3.36. The molecule has 1 aromatic carbocycles. The Bertz CT molecular complexity index is 315. The molecule has 0 spiro atoms. The number of nitrogens with zero attached hydrogens (tertiary/aromatic N) is 1. The molecule has 0 heterocycles. The van der Waals surface area contributed by atoms with E-state index in [-0.39, 0.29) is 0 Å². The van der Waals surface area contributed by atoms with Crippen molar-refractivity contribution in [2.24, 2.45) is 0 Å². The van der Waals surface area contributed by atoms with Crippen LogP contribution in [0, 0.1) is 0 Å². The van der Waals surface area contributed by atoms with Gasteiger partial charge in [-0.15, -0.1) is 0 Å². The van der Waals surface area contributed by atoms with Crippen LogP contribution in [0.2, 0.25) is 0 Å². The molecule has 0 saturated carbocycles. The topological polar surface area (TPSA) is 15.3 Å². The lowest BCUT2D eigenvalue weighted by Crippen LogP contribution is -2.23. The molecule has 17 heavy (non-hydrogen) atoms. The summed E-state index contributed by atoms with van der Waals surface area (Å²) in [6.07, 6.45) is 1.22. The lowest BCUT2D eigenvalue weighted by atomic mass is 10.2. The summed E-state index contributed by atoms with van der Waals surface area (Å²) in [6, 6.07) is 8.72. The van der Waals surface area contributed by atoms with Crippen LogP contribution in [0.3, 0.4) is 0 Å². The van der Waals surface area contributed by atoms with Crippen molar-refractivity contribution in [3.8, 4) is 0 Å². The predicted molar refractivity (Wildman–Crippen MR) is 79.4 cm³/mol. The molecule has 0 radical (unpaired) electrons. The van der Waals surface area contributed by atoms with Gasteiger partial charge in [0.25, 0.3) is 0 Å². The lowest BCUT2D eigenvalue weighted by Gasteiger charge is -2.19. The second-order valence-electron chi connectivity index (χ2n) is 4.10. The molecule has 1 aromatic rings. The SMILES string of the molecule is CCCN(CC)Cc1cccc(NSCC)c1. The van der Waals surface area contributed by atoms with E-state index in [2.05, 4.69) is 54.7 Å². The summed E-state index contributed by atoms with van der Waals surface area (Å²) in [6.45, 7) is 9.97. The molecule has 96 valence electrons. The average Bonchev–Trinajstić information content (AvgIpc) is 2.36. The Hall–Kier alpha value is -0.670. The predicted octanol–water partition coefficient (Wildman–Crippen LogP) is 4.00. The van der Waals surface area contributed by atoms with Gasteiger partial charge in [-0.25, -0.2) is 0 Å². The van der Waals surface area contributed by atoms with E-state index in [9.17, 15) is 0 Å². The van der Waals surface area contributed by atoms with E-state index in [1.165, 1.54) is 24.2 Å². The van der Waals surface area contributed by atoms with E-state index >= 15 is 0 Å². The van der Waals surface area contributed by atoms with Gasteiger partial charge in [0.1, 0.15) is 0 Å². The fourth-order valence-electron chi connectivity index (χ4n) is 1.81. The summed E-state index contributed by atoms with van der Waals surface area (Å²) >= 11 is 1.74. The molecule has 1 N–H and O–H groups in total. The van der Waals surface area contributed by atoms with Crippen LogP contribution in [0.15, 0.2) is 24.3 Å². The van der Waals surface area contributed by atoms with Gasteiger partial charge in [0.2, 0.25) is 0 Å². The third-order valence-electron chi connectivity index (χ3n) is 2.65. The van der Waals surface area contributed by atoms with E-state index in [0.29, 0.717) is 0 Å². The summed E-state index contributed by atoms with van der Waals surface area (Å²) in [5, 5.41) is 0. The highest BCUT2D eigenvalue weighted by atomic mass is 32.2. The Morgan fingerprint density at radius 3 is 2.71 bits per heavy atom. The monoisotopic (exact) mass is 252 g/mol. The molecule has 0 saturated heterocycles. The number of nitrogens with one attached hydrogen (secondary N) is 1. The fourth-order valence-corrected chi connectivity index (χ4v) is 2.25. The quantitative estimate of drug-likeness (QED) is 0.704. The Kier molecular flexibility index (Phi) is 7.13. The van der Waals surface area contributed by atoms with Crippen molar-refractivity contribution in [1.29, 1.82) is 0 Å². The second-order valence-corrected chi connectivity index (χ2v) is 5.17. The summed E-state index contributed by atoms with van der Waals surface area (Å²) in [5.41, 5.74) is 2.60. The maximum atomic E-state index is 3.36. The number of benzene rings is 1. The van der Waals surface area contributed by atoms with E-state index in [4.69, 9.17) is 0 Å². The zero-order chi connectivity index (χ0) is 12.5. The minimum absolute atomic E-state index is 1.05. The zero-order valence-corrected chi connectivity index (χ0v) is 12.0. The summed E-state index contributed by atoms with van der Waals surface area (Å²) in [5.74, 6) is 1.08. The van der Waals surface area contributed by atoms with Crippen LogP contribution >= 0.6 is 11.9 Å². The largest absolute Gasteiger partial charge is 0.330 e. The minimum Gasteiger partial charge on any atom is -0.330 e. The van der Waals surface area contributed by atoms with Gasteiger partial charge in [0, 0.05) is 18.0 Å². The third-order valence-corrected chi connectivity index (χ3v) is 3.32. The molecule has 0 amide bonds. The molecule has 0 aliphatic carbocycles. The maximum absolute atomic E-state index is 3.36. The highest BCUT2D eigenvalue weighted by Gasteiger charge is 2.02. The zero-order valence-electron chi connectivity index (χ0n) is 11.2. The van der Waals surface area contributed by atoms with Crippen molar-refractivity contribution < 1.29 is 0 Å². The fraction of sp³-hybridized carbons (Fsp3) is 0.571. The number of hydrogen-bond donors (Lipinski definition) is 1. The molecule has 2 nitrogen and oxygen atoms in total. The molecule has 0 aromatic heterocycles. The van der Waals surface area contributed by atoms with Gasteiger partial charge in [-0.1, -0.05) is 44.9 Å². The highest BCUT2D eigenvalue weighted by molar-refractivity contribution is 8.00. The summed E-state index contributed by atoms with van der Waals surface area (Å²) in [7, 11) is 0. The van der Waals surface area contributed by atoms with Crippen LogP contribution in [-0.4, -0.2) is 23.7 Å². The van der Waals surface area contributed by atoms with Gasteiger partial charge >= 0.3 is 0 Å². The Balaban J connectivity index is 2.57. The van der Waals surface area contributed by atoms with E-state index < -0.39 is 0 Å². The molecule has 0 fully saturated rings. The average molecular weight is 252 g/mol.